The number of nitrogens with zero attached hydrogens (tertiary/aromatic N) is 2. The zero-order chi connectivity index (χ0) is 15.9. The summed E-state index contributed by atoms with van der Waals surface area (Å²) in [6.07, 6.45) is 6.74. The third-order valence-corrected chi connectivity index (χ3v) is 3.32. The highest BCUT2D eigenvalue weighted by Crippen LogP contribution is 2.21. The first-order valence-corrected chi connectivity index (χ1v) is 7.07. The molecule has 0 aliphatic heterocycles. The summed E-state index contributed by atoms with van der Waals surface area (Å²) < 4.78 is 5.35. The molecule has 0 aliphatic rings. The number of hydrogen-bond acceptors (Lipinski definition) is 3. The van der Waals surface area contributed by atoms with Crippen molar-refractivity contribution in [2.45, 2.75) is 13.5 Å². The number of carbonyl (C=O) groups is 1. The molecule has 0 saturated heterocycles. The van der Waals surface area contributed by atoms with E-state index >= 15 is 0 Å². The first-order valence-electron chi connectivity index (χ1n) is 7.07. The summed E-state index contributed by atoms with van der Waals surface area (Å²) in [7, 11) is 3.41. The average molecular weight is 296 g/mol. The number of benzene rings is 1. The quantitative estimate of drug-likeness (QED) is 0.796. The van der Waals surface area contributed by atoms with E-state index in [1.54, 1.807) is 43.6 Å². The van der Waals surface area contributed by atoms with Crippen LogP contribution < -0.4 is 4.74 Å². The molecule has 2 rings (SSSR count). The molecule has 4 nitrogen and oxygen atoms in total. The highest BCUT2D eigenvalue weighted by atomic mass is 16.5. The van der Waals surface area contributed by atoms with Gasteiger partial charge >= 0.3 is 0 Å². The van der Waals surface area contributed by atoms with Crippen molar-refractivity contribution in [1.29, 1.82) is 0 Å². The molecule has 1 heterocycles. The van der Waals surface area contributed by atoms with Gasteiger partial charge in [0.25, 0.3) is 0 Å². The van der Waals surface area contributed by atoms with E-state index in [4.69, 9.17) is 4.74 Å². The molecule has 4 heteroatoms. The maximum Gasteiger partial charge on any atom is 0.246 e. The Morgan fingerprint density at radius 2 is 2.18 bits per heavy atom. The van der Waals surface area contributed by atoms with Gasteiger partial charge in [0.15, 0.2) is 0 Å². The van der Waals surface area contributed by atoms with Gasteiger partial charge in [-0.15, -0.1) is 0 Å². The predicted molar refractivity (Wildman–Crippen MR) is 87.5 cm³/mol. The van der Waals surface area contributed by atoms with Gasteiger partial charge in [-0.05, 0) is 30.7 Å². The second-order valence-electron chi connectivity index (χ2n) is 5.13. The Morgan fingerprint density at radius 3 is 2.86 bits per heavy atom. The SMILES string of the molecule is COc1ccc(C)cc1CN(C)C(=O)C=Cc1cccnc1. The van der Waals surface area contributed by atoms with Gasteiger partial charge in [-0.2, -0.15) is 0 Å². The molecule has 0 aliphatic carbocycles. The van der Waals surface area contributed by atoms with Gasteiger partial charge in [-0.1, -0.05) is 23.8 Å². The van der Waals surface area contributed by atoms with Gasteiger partial charge in [0.2, 0.25) is 5.91 Å². The summed E-state index contributed by atoms with van der Waals surface area (Å²) in [5.41, 5.74) is 3.04. The van der Waals surface area contributed by atoms with E-state index in [0.29, 0.717) is 6.54 Å². The summed E-state index contributed by atoms with van der Waals surface area (Å²) in [5.74, 6) is 0.730. The van der Waals surface area contributed by atoms with Crippen LogP contribution in [0.5, 0.6) is 5.75 Å². The van der Waals surface area contributed by atoms with Crippen LogP contribution in [0.3, 0.4) is 0 Å². The Bertz CT molecular complexity index is 666. The Hall–Kier alpha value is -2.62. The normalized spacial score (nSPS) is 10.7. The van der Waals surface area contributed by atoms with Crippen LogP contribution >= 0.6 is 0 Å². The van der Waals surface area contributed by atoms with Crippen LogP contribution in [0.2, 0.25) is 0 Å². The van der Waals surface area contributed by atoms with Crippen molar-refractivity contribution in [2.24, 2.45) is 0 Å². The molecule has 0 unspecified atom stereocenters. The molecule has 0 spiro atoms. The highest BCUT2D eigenvalue weighted by Gasteiger charge is 2.10. The molecular weight excluding hydrogens is 276 g/mol. The van der Waals surface area contributed by atoms with E-state index in [2.05, 4.69) is 4.98 Å². The number of methoxy groups -OCH3 is 1. The minimum atomic E-state index is -0.0626. The molecule has 0 N–H and O–H groups in total. The number of hydrogen-bond donors (Lipinski definition) is 0. The van der Waals surface area contributed by atoms with Crippen LogP contribution in [-0.2, 0) is 11.3 Å². The number of carbonyl (C=O) groups excluding carboxylic acids is 1. The lowest BCUT2D eigenvalue weighted by Crippen LogP contribution is -2.24. The molecule has 0 fully saturated rings. The zero-order valence-electron chi connectivity index (χ0n) is 13.1. The van der Waals surface area contributed by atoms with Crippen LogP contribution in [0, 0.1) is 6.92 Å². The third-order valence-electron chi connectivity index (χ3n) is 3.32. The van der Waals surface area contributed by atoms with Crippen molar-refractivity contribution in [3.8, 4) is 5.75 Å². The van der Waals surface area contributed by atoms with Crippen LogP contribution in [-0.4, -0.2) is 29.9 Å². The zero-order valence-corrected chi connectivity index (χ0v) is 13.1. The first kappa shape index (κ1) is 15.8. The van der Waals surface area contributed by atoms with Crippen molar-refractivity contribution in [1.82, 2.24) is 9.88 Å². The van der Waals surface area contributed by atoms with E-state index in [-0.39, 0.29) is 5.91 Å². The Morgan fingerprint density at radius 1 is 1.36 bits per heavy atom. The molecule has 114 valence electrons. The van der Waals surface area contributed by atoms with Crippen LogP contribution in [0.15, 0.2) is 48.8 Å². The van der Waals surface area contributed by atoms with E-state index in [1.165, 1.54) is 0 Å². The molecular formula is C18H20N2O2. The van der Waals surface area contributed by atoms with Crippen molar-refractivity contribution < 1.29 is 9.53 Å². The molecule has 0 bridgehead atoms. The molecule has 22 heavy (non-hydrogen) atoms. The fourth-order valence-electron chi connectivity index (χ4n) is 2.13. The van der Waals surface area contributed by atoms with E-state index in [1.807, 2.05) is 37.3 Å². The number of rotatable bonds is 5. The first-order chi connectivity index (χ1) is 10.6. The van der Waals surface area contributed by atoms with Crippen LogP contribution in [0.25, 0.3) is 6.08 Å². The lowest BCUT2D eigenvalue weighted by molar-refractivity contribution is -0.125. The van der Waals surface area contributed by atoms with Gasteiger partial charge in [-0.25, -0.2) is 0 Å². The number of amides is 1. The fourth-order valence-corrected chi connectivity index (χ4v) is 2.13. The second kappa shape index (κ2) is 7.41. The number of likely N-dealkylation sites (N-methyl/N-ethyl adjacent to an activating group) is 1. The molecule has 1 aromatic heterocycles. The van der Waals surface area contributed by atoms with E-state index in [0.717, 1.165) is 22.4 Å². The molecule has 1 amide bonds. The summed E-state index contributed by atoms with van der Waals surface area (Å²) >= 11 is 0. The van der Waals surface area contributed by atoms with Crippen molar-refractivity contribution >= 4 is 12.0 Å². The summed E-state index contributed by atoms with van der Waals surface area (Å²) in [6.45, 7) is 2.52. The maximum atomic E-state index is 12.2. The minimum Gasteiger partial charge on any atom is -0.496 e. The summed E-state index contributed by atoms with van der Waals surface area (Å²) in [4.78, 5) is 17.9. The summed E-state index contributed by atoms with van der Waals surface area (Å²) in [6, 6.07) is 9.69. The largest absolute Gasteiger partial charge is 0.496 e. The van der Waals surface area contributed by atoms with Crippen LogP contribution in [0.1, 0.15) is 16.7 Å². The fraction of sp³-hybridized carbons (Fsp3) is 0.222. The van der Waals surface area contributed by atoms with E-state index < -0.39 is 0 Å². The van der Waals surface area contributed by atoms with Gasteiger partial charge in [-0.3, -0.25) is 9.78 Å². The lowest BCUT2D eigenvalue weighted by atomic mass is 10.1. The predicted octanol–water partition coefficient (Wildman–Crippen LogP) is 3.07. The Balaban J connectivity index is 2.05. The monoisotopic (exact) mass is 296 g/mol. The standard InChI is InChI=1S/C18H20N2O2/c1-14-6-8-17(22-3)16(11-14)13-20(2)18(21)9-7-15-5-4-10-19-12-15/h4-12H,13H2,1-3H3. The van der Waals surface area contributed by atoms with Gasteiger partial charge < -0.3 is 9.64 Å². The van der Waals surface area contributed by atoms with E-state index in [9.17, 15) is 4.79 Å². The number of aromatic nitrogens is 1. The molecule has 0 radical (unpaired) electrons. The van der Waals surface area contributed by atoms with Crippen LogP contribution in [0.4, 0.5) is 0 Å². The van der Waals surface area contributed by atoms with Gasteiger partial charge in [0, 0.05) is 37.6 Å². The van der Waals surface area contributed by atoms with Gasteiger partial charge in [0.05, 0.1) is 7.11 Å². The van der Waals surface area contributed by atoms with Gasteiger partial charge in [0.1, 0.15) is 5.75 Å². The minimum absolute atomic E-state index is 0.0626. The molecule has 2 aromatic rings. The third kappa shape index (κ3) is 4.19. The Labute approximate surface area is 131 Å². The Kier molecular flexibility index (Phi) is 5.31. The average Bonchev–Trinajstić information content (AvgIpc) is 2.53. The van der Waals surface area contributed by atoms with Crippen molar-refractivity contribution in [2.75, 3.05) is 14.2 Å². The smallest absolute Gasteiger partial charge is 0.246 e. The topological polar surface area (TPSA) is 42.4 Å². The van der Waals surface area contributed by atoms with Crippen molar-refractivity contribution in [3.05, 3.63) is 65.5 Å². The molecule has 0 saturated carbocycles. The number of aryl methyl sites for hydroxylation is 1. The maximum absolute atomic E-state index is 12.2. The second-order valence-corrected chi connectivity index (χ2v) is 5.13. The highest BCUT2D eigenvalue weighted by molar-refractivity contribution is 5.91. The number of pyridine rings is 1. The summed E-state index contributed by atoms with van der Waals surface area (Å²) in [5, 5.41) is 0. The molecule has 0 atom stereocenters. The molecule has 1 aromatic carbocycles. The number of ether oxygens (including phenoxy) is 1. The van der Waals surface area contributed by atoms with Crippen molar-refractivity contribution in [3.63, 3.8) is 0 Å². The lowest BCUT2D eigenvalue weighted by Gasteiger charge is -2.17.